The maximum absolute atomic E-state index is 11.4. The molecular formula is C17H30N2O3. The van der Waals surface area contributed by atoms with Crippen LogP contribution in [0.3, 0.4) is 0 Å². The Hall–Kier alpha value is -0.910. The van der Waals surface area contributed by atoms with Gasteiger partial charge in [0.15, 0.2) is 0 Å². The summed E-state index contributed by atoms with van der Waals surface area (Å²) in [5.74, 6) is -0.0660. The van der Waals surface area contributed by atoms with Crippen LogP contribution in [-0.4, -0.2) is 62.4 Å². The number of rotatable bonds is 6. The molecule has 126 valence electrons. The molecule has 22 heavy (non-hydrogen) atoms. The summed E-state index contributed by atoms with van der Waals surface area (Å²) in [5, 5.41) is 2.88. The van der Waals surface area contributed by atoms with E-state index in [4.69, 9.17) is 9.47 Å². The van der Waals surface area contributed by atoms with Crippen molar-refractivity contribution in [3.8, 4) is 0 Å². The van der Waals surface area contributed by atoms with Gasteiger partial charge in [0, 0.05) is 33.3 Å². The fourth-order valence-corrected chi connectivity index (χ4v) is 3.38. The third-order valence-electron chi connectivity index (χ3n) is 4.87. The van der Waals surface area contributed by atoms with Crippen LogP contribution >= 0.6 is 0 Å². The van der Waals surface area contributed by atoms with Crippen molar-refractivity contribution in [3.63, 3.8) is 0 Å². The lowest BCUT2D eigenvalue weighted by molar-refractivity contribution is -0.126. The maximum Gasteiger partial charge on any atom is 0.246 e. The lowest BCUT2D eigenvalue weighted by Crippen LogP contribution is -2.45. The van der Waals surface area contributed by atoms with Crippen molar-refractivity contribution < 1.29 is 14.3 Å². The minimum absolute atomic E-state index is 0.0526. The van der Waals surface area contributed by atoms with E-state index in [9.17, 15) is 4.79 Å². The Balaban J connectivity index is 1.73. The highest BCUT2D eigenvalue weighted by Gasteiger charge is 2.42. The quantitative estimate of drug-likeness (QED) is 0.759. The molecule has 2 heterocycles. The molecule has 2 aliphatic rings. The number of likely N-dealkylation sites (tertiary alicyclic amines) is 1. The number of piperidine rings is 1. The second-order valence-corrected chi connectivity index (χ2v) is 6.61. The molecule has 2 aliphatic heterocycles. The summed E-state index contributed by atoms with van der Waals surface area (Å²) in [6, 6.07) is 0. The van der Waals surface area contributed by atoms with Crippen LogP contribution in [0, 0.1) is 0 Å². The molecule has 1 unspecified atom stereocenters. The first-order valence-electron chi connectivity index (χ1n) is 8.34. The van der Waals surface area contributed by atoms with E-state index in [2.05, 4.69) is 30.1 Å². The van der Waals surface area contributed by atoms with Gasteiger partial charge in [0.1, 0.15) is 6.61 Å². The minimum atomic E-state index is -0.0660. The van der Waals surface area contributed by atoms with Crippen LogP contribution in [0.25, 0.3) is 0 Å². The fourth-order valence-electron chi connectivity index (χ4n) is 3.38. The summed E-state index contributed by atoms with van der Waals surface area (Å²) < 4.78 is 11.1. The molecule has 0 aliphatic carbocycles. The number of amides is 1. The van der Waals surface area contributed by atoms with Crippen molar-refractivity contribution in [1.82, 2.24) is 10.2 Å². The number of nitrogens with zero attached hydrogens (tertiary/aromatic N) is 1. The molecule has 2 fully saturated rings. The molecule has 1 N–H and O–H groups in total. The lowest BCUT2D eigenvalue weighted by atomic mass is 9.88. The summed E-state index contributed by atoms with van der Waals surface area (Å²) in [5.41, 5.74) is 1.48. The third kappa shape index (κ3) is 4.80. The molecule has 0 bridgehead atoms. The van der Waals surface area contributed by atoms with Crippen LogP contribution in [0.5, 0.6) is 0 Å². The Morgan fingerprint density at radius 1 is 1.41 bits per heavy atom. The number of methoxy groups -OCH3 is 1. The molecule has 0 radical (unpaired) electrons. The molecule has 0 aromatic carbocycles. The van der Waals surface area contributed by atoms with Crippen LogP contribution in [0.1, 0.15) is 39.5 Å². The Bertz CT molecular complexity index is 401. The van der Waals surface area contributed by atoms with Gasteiger partial charge in [-0.1, -0.05) is 11.6 Å². The molecule has 0 saturated carbocycles. The summed E-state index contributed by atoms with van der Waals surface area (Å²) in [6.45, 7) is 8.30. The van der Waals surface area contributed by atoms with Gasteiger partial charge in [0.25, 0.3) is 0 Å². The Kier molecular flexibility index (Phi) is 6.41. The monoisotopic (exact) mass is 310 g/mol. The smallest absolute Gasteiger partial charge is 0.246 e. The number of hydrogen-bond donors (Lipinski definition) is 1. The molecule has 2 saturated heterocycles. The predicted octanol–water partition coefficient (Wildman–Crippen LogP) is 1.73. The summed E-state index contributed by atoms with van der Waals surface area (Å²) in [7, 11) is 1.53. The number of allylic oxidation sites excluding steroid dienone is 1. The first kappa shape index (κ1) is 17.4. The Morgan fingerprint density at radius 3 is 2.77 bits per heavy atom. The average molecular weight is 310 g/mol. The van der Waals surface area contributed by atoms with E-state index in [1.807, 2.05) is 0 Å². The van der Waals surface area contributed by atoms with Crippen LogP contribution < -0.4 is 5.32 Å². The highest BCUT2D eigenvalue weighted by Crippen LogP contribution is 2.38. The standard InChI is InChI=1S/C17H30N2O3/c1-4-14(2)12-19-9-7-17(8-10-19)6-5-15(22-17)11-18-16(20)13-21-3/h4,15H,5-13H2,1-3H3,(H,18,20)/b14-4+. The van der Waals surface area contributed by atoms with E-state index in [1.54, 1.807) is 0 Å². The van der Waals surface area contributed by atoms with Crippen molar-refractivity contribution >= 4 is 5.91 Å². The van der Waals surface area contributed by atoms with Crippen molar-refractivity contribution in [2.45, 2.75) is 51.2 Å². The molecule has 5 nitrogen and oxygen atoms in total. The van der Waals surface area contributed by atoms with Gasteiger partial charge in [-0.05, 0) is 39.5 Å². The van der Waals surface area contributed by atoms with Gasteiger partial charge in [-0.2, -0.15) is 0 Å². The molecule has 1 spiro atoms. The van der Waals surface area contributed by atoms with Gasteiger partial charge in [-0.15, -0.1) is 0 Å². The summed E-state index contributed by atoms with van der Waals surface area (Å²) >= 11 is 0. The van der Waals surface area contributed by atoms with Crippen molar-refractivity contribution in [3.05, 3.63) is 11.6 Å². The Morgan fingerprint density at radius 2 is 2.14 bits per heavy atom. The van der Waals surface area contributed by atoms with Crippen molar-refractivity contribution in [2.24, 2.45) is 0 Å². The van der Waals surface area contributed by atoms with Crippen LogP contribution in [-0.2, 0) is 14.3 Å². The molecule has 1 atom stereocenters. The SMILES string of the molecule is C/C=C(\C)CN1CCC2(CCC(CNC(=O)COC)O2)CC1. The number of hydrogen-bond acceptors (Lipinski definition) is 4. The van der Waals surface area contributed by atoms with Crippen LogP contribution in [0.15, 0.2) is 11.6 Å². The first-order valence-corrected chi connectivity index (χ1v) is 8.34. The topological polar surface area (TPSA) is 50.8 Å². The Labute approximate surface area is 134 Å². The second kappa shape index (κ2) is 8.09. The number of ether oxygens (including phenoxy) is 2. The van der Waals surface area contributed by atoms with Gasteiger partial charge in [-0.25, -0.2) is 0 Å². The average Bonchev–Trinajstić information content (AvgIpc) is 2.91. The molecule has 0 aromatic heterocycles. The molecular weight excluding hydrogens is 280 g/mol. The van der Waals surface area contributed by atoms with E-state index in [-0.39, 0.29) is 24.2 Å². The third-order valence-corrected chi connectivity index (χ3v) is 4.87. The number of carbonyl (C=O) groups is 1. The zero-order chi connectivity index (χ0) is 16.0. The van der Waals surface area contributed by atoms with E-state index in [0.717, 1.165) is 45.3 Å². The minimum Gasteiger partial charge on any atom is -0.375 e. The zero-order valence-electron chi connectivity index (χ0n) is 14.2. The van der Waals surface area contributed by atoms with Gasteiger partial charge in [0.05, 0.1) is 11.7 Å². The van der Waals surface area contributed by atoms with E-state index < -0.39 is 0 Å². The van der Waals surface area contributed by atoms with Gasteiger partial charge in [-0.3, -0.25) is 9.69 Å². The fraction of sp³-hybridized carbons (Fsp3) is 0.824. The lowest BCUT2D eigenvalue weighted by Gasteiger charge is -2.39. The second-order valence-electron chi connectivity index (χ2n) is 6.61. The van der Waals surface area contributed by atoms with E-state index in [0.29, 0.717) is 6.54 Å². The van der Waals surface area contributed by atoms with E-state index >= 15 is 0 Å². The number of nitrogens with one attached hydrogen (secondary N) is 1. The molecule has 0 aromatic rings. The summed E-state index contributed by atoms with van der Waals surface area (Å²) in [6.07, 6.45) is 6.72. The van der Waals surface area contributed by atoms with Crippen molar-refractivity contribution in [1.29, 1.82) is 0 Å². The normalized spacial score (nSPS) is 25.6. The molecule has 2 rings (SSSR count). The molecule has 1 amide bonds. The van der Waals surface area contributed by atoms with Crippen LogP contribution in [0.2, 0.25) is 0 Å². The summed E-state index contributed by atoms with van der Waals surface area (Å²) in [4.78, 5) is 13.9. The van der Waals surface area contributed by atoms with Gasteiger partial charge < -0.3 is 14.8 Å². The van der Waals surface area contributed by atoms with Crippen molar-refractivity contribution in [2.75, 3.05) is 39.9 Å². The largest absolute Gasteiger partial charge is 0.375 e. The first-order chi connectivity index (χ1) is 10.6. The number of carbonyl (C=O) groups excluding carboxylic acids is 1. The van der Waals surface area contributed by atoms with Gasteiger partial charge in [0.2, 0.25) is 5.91 Å². The maximum atomic E-state index is 11.4. The van der Waals surface area contributed by atoms with E-state index in [1.165, 1.54) is 12.7 Å². The van der Waals surface area contributed by atoms with Gasteiger partial charge >= 0.3 is 0 Å². The highest BCUT2D eigenvalue weighted by molar-refractivity contribution is 5.77. The zero-order valence-corrected chi connectivity index (χ0v) is 14.2. The van der Waals surface area contributed by atoms with Crippen LogP contribution in [0.4, 0.5) is 0 Å². The molecule has 5 heteroatoms. The highest BCUT2D eigenvalue weighted by atomic mass is 16.5. The predicted molar refractivity (Wildman–Crippen MR) is 86.8 cm³/mol.